The van der Waals surface area contributed by atoms with Gasteiger partial charge in [0.25, 0.3) is 5.69 Å². The summed E-state index contributed by atoms with van der Waals surface area (Å²) in [6.07, 6.45) is 1.63. The van der Waals surface area contributed by atoms with Crippen molar-refractivity contribution in [3.8, 4) is 6.07 Å². The molecule has 0 spiro atoms. The number of nitriles is 1. The Kier molecular flexibility index (Phi) is 4.41. The topological polar surface area (TPSA) is 91.8 Å². The Morgan fingerprint density at radius 2 is 2.24 bits per heavy atom. The van der Waals surface area contributed by atoms with E-state index in [0.29, 0.717) is 13.0 Å². The molecule has 6 nitrogen and oxygen atoms in total. The van der Waals surface area contributed by atoms with E-state index in [-0.39, 0.29) is 22.9 Å². The molecule has 1 aromatic heterocycles. The minimum atomic E-state index is -0.607. The van der Waals surface area contributed by atoms with E-state index in [1.165, 1.54) is 12.1 Å². The summed E-state index contributed by atoms with van der Waals surface area (Å²) in [5, 5.41) is 22.5. The Morgan fingerprint density at radius 1 is 1.43 bits per heavy atom. The molecule has 106 valence electrons. The fourth-order valence-corrected chi connectivity index (χ4v) is 1.80. The number of hydrogen-bond acceptors (Lipinski definition) is 5. The van der Waals surface area contributed by atoms with Crippen molar-refractivity contribution in [3.05, 3.63) is 63.6 Å². The first-order valence-electron chi connectivity index (χ1n) is 6.13. The molecule has 2 rings (SSSR count). The highest BCUT2D eigenvalue weighted by molar-refractivity contribution is 5.55. The lowest BCUT2D eigenvalue weighted by molar-refractivity contribution is -0.385. The quantitative estimate of drug-likeness (QED) is 0.673. The van der Waals surface area contributed by atoms with E-state index in [4.69, 9.17) is 5.26 Å². The maximum Gasteiger partial charge on any atom is 0.289 e. The van der Waals surface area contributed by atoms with Crippen LogP contribution in [0.4, 0.5) is 15.9 Å². The van der Waals surface area contributed by atoms with Gasteiger partial charge in [0.1, 0.15) is 29.5 Å². The zero-order valence-electron chi connectivity index (χ0n) is 10.9. The number of nitrogens with zero attached hydrogens (tertiary/aromatic N) is 3. The molecular formula is C14H11FN4O2. The fourth-order valence-electron chi connectivity index (χ4n) is 1.80. The molecule has 1 heterocycles. The summed E-state index contributed by atoms with van der Waals surface area (Å²) in [6, 6.07) is 9.23. The predicted octanol–water partition coefficient (Wildman–Crippen LogP) is 2.66. The van der Waals surface area contributed by atoms with E-state index in [2.05, 4.69) is 10.3 Å². The third-order valence-corrected chi connectivity index (χ3v) is 2.80. The highest BCUT2D eigenvalue weighted by atomic mass is 19.1. The molecule has 0 unspecified atom stereocenters. The Morgan fingerprint density at radius 3 is 2.90 bits per heavy atom. The molecular weight excluding hydrogens is 275 g/mol. The summed E-state index contributed by atoms with van der Waals surface area (Å²) < 4.78 is 13.0. The van der Waals surface area contributed by atoms with E-state index in [1.807, 2.05) is 6.07 Å². The first kappa shape index (κ1) is 14.4. The van der Waals surface area contributed by atoms with Gasteiger partial charge < -0.3 is 5.32 Å². The molecule has 0 saturated carbocycles. The number of benzene rings is 1. The summed E-state index contributed by atoms with van der Waals surface area (Å²) in [4.78, 5) is 13.9. The van der Waals surface area contributed by atoms with Crippen LogP contribution in [-0.2, 0) is 6.42 Å². The number of halogens is 1. The first-order chi connectivity index (χ1) is 10.1. The van der Waals surface area contributed by atoms with Crippen LogP contribution in [0.2, 0.25) is 0 Å². The number of pyridine rings is 1. The van der Waals surface area contributed by atoms with Crippen molar-refractivity contribution in [2.45, 2.75) is 6.42 Å². The molecule has 0 aliphatic heterocycles. The lowest BCUT2D eigenvalue weighted by Gasteiger charge is -2.07. The monoisotopic (exact) mass is 286 g/mol. The molecule has 0 atom stereocenters. The standard InChI is InChI=1S/C14H11FN4O2/c15-12-3-1-2-10(6-12)4-5-17-14-11(8-16)7-13(9-18-14)19(20)21/h1-3,6-7,9H,4-5H2,(H,17,18). The van der Waals surface area contributed by atoms with Gasteiger partial charge in [-0.3, -0.25) is 10.1 Å². The zero-order valence-corrected chi connectivity index (χ0v) is 10.9. The van der Waals surface area contributed by atoms with Crippen LogP contribution >= 0.6 is 0 Å². The van der Waals surface area contributed by atoms with Gasteiger partial charge >= 0.3 is 0 Å². The maximum atomic E-state index is 13.0. The Hall–Kier alpha value is -3.01. The molecule has 0 aliphatic rings. The summed E-state index contributed by atoms with van der Waals surface area (Å²) in [7, 11) is 0. The molecule has 0 saturated heterocycles. The molecule has 1 aromatic carbocycles. The zero-order chi connectivity index (χ0) is 15.2. The molecule has 0 amide bonds. The van der Waals surface area contributed by atoms with Crippen LogP contribution in [0.25, 0.3) is 0 Å². The second kappa shape index (κ2) is 6.43. The van der Waals surface area contributed by atoms with E-state index in [0.717, 1.165) is 17.8 Å². The Balaban J connectivity index is 2.03. The van der Waals surface area contributed by atoms with Crippen molar-refractivity contribution >= 4 is 11.5 Å². The second-order valence-electron chi connectivity index (χ2n) is 4.27. The third-order valence-electron chi connectivity index (χ3n) is 2.80. The van der Waals surface area contributed by atoms with Gasteiger partial charge in [-0.05, 0) is 24.1 Å². The molecule has 0 fully saturated rings. The number of rotatable bonds is 5. The molecule has 21 heavy (non-hydrogen) atoms. The molecule has 0 aliphatic carbocycles. The van der Waals surface area contributed by atoms with E-state index in [1.54, 1.807) is 12.1 Å². The van der Waals surface area contributed by atoms with Gasteiger partial charge in [-0.2, -0.15) is 5.26 Å². The number of anilines is 1. The normalized spacial score (nSPS) is 9.90. The molecule has 0 radical (unpaired) electrons. The molecule has 0 bridgehead atoms. The van der Waals surface area contributed by atoms with E-state index in [9.17, 15) is 14.5 Å². The van der Waals surface area contributed by atoms with Crippen LogP contribution in [0.1, 0.15) is 11.1 Å². The smallest absolute Gasteiger partial charge is 0.289 e. The predicted molar refractivity (Wildman–Crippen MR) is 74.2 cm³/mol. The first-order valence-corrected chi connectivity index (χ1v) is 6.13. The largest absolute Gasteiger partial charge is 0.369 e. The van der Waals surface area contributed by atoms with Crippen molar-refractivity contribution in [2.75, 3.05) is 11.9 Å². The van der Waals surface area contributed by atoms with Crippen LogP contribution in [0.5, 0.6) is 0 Å². The summed E-state index contributed by atoms with van der Waals surface area (Å²) in [5.74, 6) is -0.0295. The molecule has 7 heteroatoms. The van der Waals surface area contributed by atoms with Crippen LogP contribution in [0.3, 0.4) is 0 Å². The van der Waals surface area contributed by atoms with Crippen LogP contribution in [0.15, 0.2) is 36.5 Å². The van der Waals surface area contributed by atoms with Gasteiger partial charge in [0.05, 0.1) is 4.92 Å². The average Bonchev–Trinajstić information content (AvgIpc) is 2.47. The second-order valence-corrected chi connectivity index (χ2v) is 4.27. The SMILES string of the molecule is N#Cc1cc([N+](=O)[O-])cnc1NCCc1cccc(F)c1. The fraction of sp³-hybridized carbons (Fsp3) is 0.143. The number of nitrogens with one attached hydrogen (secondary N) is 1. The Bertz CT molecular complexity index is 712. The van der Waals surface area contributed by atoms with Crippen LogP contribution in [-0.4, -0.2) is 16.5 Å². The van der Waals surface area contributed by atoms with E-state index < -0.39 is 4.92 Å². The van der Waals surface area contributed by atoms with Crippen molar-refractivity contribution in [3.63, 3.8) is 0 Å². The van der Waals surface area contributed by atoms with E-state index >= 15 is 0 Å². The maximum absolute atomic E-state index is 13.0. The summed E-state index contributed by atoms with van der Waals surface area (Å²) >= 11 is 0. The molecule has 1 N–H and O–H groups in total. The average molecular weight is 286 g/mol. The van der Waals surface area contributed by atoms with Crippen molar-refractivity contribution in [2.24, 2.45) is 0 Å². The van der Waals surface area contributed by atoms with Gasteiger partial charge in [0.2, 0.25) is 0 Å². The number of hydrogen-bond donors (Lipinski definition) is 1. The Labute approximate surface area is 120 Å². The van der Waals surface area contributed by atoms with Crippen molar-refractivity contribution in [1.82, 2.24) is 4.98 Å². The number of aromatic nitrogens is 1. The van der Waals surface area contributed by atoms with Gasteiger partial charge in [0, 0.05) is 12.6 Å². The van der Waals surface area contributed by atoms with Crippen LogP contribution < -0.4 is 5.32 Å². The van der Waals surface area contributed by atoms with Gasteiger partial charge in [-0.25, -0.2) is 9.37 Å². The lowest BCUT2D eigenvalue weighted by Crippen LogP contribution is -2.08. The minimum Gasteiger partial charge on any atom is -0.369 e. The highest BCUT2D eigenvalue weighted by Crippen LogP contribution is 2.18. The lowest BCUT2D eigenvalue weighted by atomic mass is 10.1. The van der Waals surface area contributed by atoms with Gasteiger partial charge in [-0.15, -0.1) is 0 Å². The molecule has 2 aromatic rings. The van der Waals surface area contributed by atoms with Gasteiger partial charge in [-0.1, -0.05) is 12.1 Å². The minimum absolute atomic E-state index is 0.100. The number of nitro groups is 1. The highest BCUT2D eigenvalue weighted by Gasteiger charge is 2.11. The van der Waals surface area contributed by atoms with Crippen molar-refractivity contribution < 1.29 is 9.31 Å². The van der Waals surface area contributed by atoms with Gasteiger partial charge in [0.15, 0.2) is 0 Å². The van der Waals surface area contributed by atoms with Crippen LogP contribution in [0, 0.1) is 27.3 Å². The summed E-state index contributed by atoms with van der Waals surface area (Å²) in [5.41, 5.74) is 0.675. The third kappa shape index (κ3) is 3.73. The van der Waals surface area contributed by atoms with Crippen molar-refractivity contribution in [1.29, 1.82) is 5.26 Å². The summed E-state index contributed by atoms with van der Waals surface area (Å²) in [6.45, 7) is 0.433.